The second-order valence-corrected chi connectivity index (χ2v) is 10.6. The van der Waals surface area contributed by atoms with Gasteiger partial charge in [0.15, 0.2) is 5.82 Å². The number of benzene rings is 1. The van der Waals surface area contributed by atoms with Gasteiger partial charge in [-0.1, -0.05) is 26.0 Å². The Hall–Kier alpha value is -4.07. The van der Waals surface area contributed by atoms with Gasteiger partial charge >= 0.3 is 0 Å². The van der Waals surface area contributed by atoms with Gasteiger partial charge in [-0.05, 0) is 73.4 Å². The second-order valence-electron chi connectivity index (χ2n) is 10.6. The van der Waals surface area contributed by atoms with Gasteiger partial charge in [-0.2, -0.15) is 5.10 Å². The molecule has 3 aromatic heterocycles. The van der Waals surface area contributed by atoms with Crippen molar-refractivity contribution in [3.8, 4) is 11.1 Å². The fraction of sp³-hybridized carbons (Fsp3) is 0.387. The Bertz CT molecular complexity index is 1610. The number of pyridine rings is 1. The first-order valence-electron chi connectivity index (χ1n) is 14.1. The first-order chi connectivity index (χ1) is 19.0. The molecule has 0 atom stereocenters. The fourth-order valence-electron chi connectivity index (χ4n) is 6.21. The third-order valence-electron chi connectivity index (χ3n) is 8.07. The number of amides is 1. The maximum Gasteiger partial charge on any atom is 0.274 e. The van der Waals surface area contributed by atoms with Crippen molar-refractivity contribution >= 4 is 23.1 Å². The number of aryl methyl sites for hydroxylation is 3. The number of carbonyl (C=O) groups excluding carboxylic acids is 1. The summed E-state index contributed by atoms with van der Waals surface area (Å²) in [5.41, 5.74) is 7.89. The van der Waals surface area contributed by atoms with Crippen molar-refractivity contribution in [2.24, 2.45) is 7.05 Å². The highest BCUT2D eigenvalue weighted by Gasteiger charge is 2.31. The third-order valence-corrected chi connectivity index (χ3v) is 8.07. The first kappa shape index (κ1) is 25.2. The molecule has 1 amide bonds. The number of nitrogens with zero attached hydrogens (tertiary/aromatic N) is 5. The number of anilines is 3. The van der Waals surface area contributed by atoms with E-state index >= 15 is 0 Å². The molecule has 1 N–H and O–H groups in total. The van der Waals surface area contributed by atoms with Gasteiger partial charge in [0, 0.05) is 62.1 Å². The molecule has 1 aliphatic carbocycles. The molecule has 0 unspecified atom stereocenters. The highest BCUT2D eigenvalue weighted by atomic mass is 16.2. The molecule has 4 aromatic rings. The maximum atomic E-state index is 13.8. The summed E-state index contributed by atoms with van der Waals surface area (Å²) in [6.07, 6.45) is 10.1. The van der Waals surface area contributed by atoms with E-state index in [1.54, 1.807) is 11.6 Å². The van der Waals surface area contributed by atoms with Gasteiger partial charge in [0.05, 0.1) is 0 Å². The van der Waals surface area contributed by atoms with Crippen LogP contribution in [-0.2, 0) is 39.4 Å². The second kappa shape index (κ2) is 10.2. The monoisotopic (exact) mass is 524 g/mol. The van der Waals surface area contributed by atoms with Crippen molar-refractivity contribution in [2.45, 2.75) is 65.5 Å². The van der Waals surface area contributed by atoms with Crippen LogP contribution >= 0.6 is 0 Å². The highest BCUT2D eigenvalue weighted by Crippen LogP contribution is 2.36. The van der Waals surface area contributed by atoms with Crippen LogP contribution < -0.4 is 15.8 Å². The highest BCUT2D eigenvalue weighted by molar-refractivity contribution is 6.07. The molecule has 1 aromatic carbocycles. The van der Waals surface area contributed by atoms with Crippen LogP contribution in [0.15, 0.2) is 53.6 Å². The summed E-state index contributed by atoms with van der Waals surface area (Å²) in [5, 5.41) is 7.77. The van der Waals surface area contributed by atoms with E-state index in [-0.39, 0.29) is 11.5 Å². The van der Waals surface area contributed by atoms with Gasteiger partial charge in [0.2, 0.25) is 0 Å². The zero-order valence-electron chi connectivity index (χ0n) is 23.0. The lowest BCUT2D eigenvalue weighted by molar-refractivity contribution is 0.0964. The van der Waals surface area contributed by atoms with Crippen molar-refractivity contribution in [1.82, 2.24) is 18.9 Å². The molecule has 6 rings (SSSR count). The third kappa shape index (κ3) is 4.47. The number of hydrogen-bond acceptors (Lipinski definition) is 4. The number of hydrogen-bond donors (Lipinski definition) is 1. The lowest BCUT2D eigenvalue weighted by atomic mass is 9.96. The molecule has 0 bridgehead atoms. The standard InChI is InChI=1S/C31H36N6O2/c1-4-14-35-15-13-29(33-35)32-25-18-22(20-34(3)30(25)38)24-10-8-12-27(23(24)5-2)37-17-16-36-26-11-7-6-9-21(26)19-28(36)31(37)39/h8,10,12-13,15,18-20H,4-7,9,11,14,16-17H2,1-3H3,(H,32,33). The summed E-state index contributed by atoms with van der Waals surface area (Å²) in [4.78, 5) is 28.8. The van der Waals surface area contributed by atoms with Crippen LogP contribution in [0.5, 0.6) is 0 Å². The number of fused-ring (bicyclic) bond motifs is 3. The van der Waals surface area contributed by atoms with Crippen LogP contribution in [0.2, 0.25) is 0 Å². The van der Waals surface area contributed by atoms with Gasteiger partial charge in [0.1, 0.15) is 11.4 Å². The lowest BCUT2D eigenvalue weighted by Crippen LogP contribution is -2.41. The molecule has 1 aliphatic heterocycles. The summed E-state index contributed by atoms with van der Waals surface area (Å²) in [5.74, 6) is 0.722. The quantitative estimate of drug-likeness (QED) is 0.356. The van der Waals surface area contributed by atoms with Gasteiger partial charge < -0.3 is 19.4 Å². The zero-order chi connectivity index (χ0) is 27.1. The Kier molecular flexibility index (Phi) is 6.62. The van der Waals surface area contributed by atoms with E-state index in [1.165, 1.54) is 24.1 Å². The topological polar surface area (TPSA) is 77.1 Å². The Morgan fingerprint density at radius 3 is 2.69 bits per heavy atom. The number of carbonyl (C=O) groups is 1. The number of rotatable bonds is 7. The Balaban J connectivity index is 1.36. The van der Waals surface area contributed by atoms with E-state index in [2.05, 4.69) is 47.0 Å². The van der Waals surface area contributed by atoms with Crippen molar-refractivity contribution < 1.29 is 4.79 Å². The van der Waals surface area contributed by atoms with Crippen molar-refractivity contribution in [3.63, 3.8) is 0 Å². The molecular formula is C31H36N6O2. The molecule has 202 valence electrons. The van der Waals surface area contributed by atoms with E-state index < -0.39 is 0 Å². The smallest absolute Gasteiger partial charge is 0.274 e. The predicted octanol–water partition coefficient (Wildman–Crippen LogP) is 5.31. The molecule has 39 heavy (non-hydrogen) atoms. The lowest BCUT2D eigenvalue weighted by Gasteiger charge is -2.32. The molecule has 8 heteroatoms. The van der Waals surface area contributed by atoms with Crippen molar-refractivity contribution in [1.29, 1.82) is 0 Å². The molecule has 0 fully saturated rings. The van der Waals surface area contributed by atoms with Crippen LogP contribution in [0.25, 0.3) is 11.1 Å². The van der Waals surface area contributed by atoms with Gasteiger partial charge in [-0.15, -0.1) is 0 Å². The minimum Gasteiger partial charge on any atom is -0.339 e. The molecule has 0 saturated carbocycles. The van der Waals surface area contributed by atoms with Crippen molar-refractivity contribution in [3.05, 3.63) is 81.7 Å². The van der Waals surface area contributed by atoms with Gasteiger partial charge in [-0.25, -0.2) is 0 Å². The summed E-state index contributed by atoms with van der Waals surface area (Å²) in [7, 11) is 1.77. The average Bonchev–Trinajstić information content (AvgIpc) is 3.56. The predicted molar refractivity (Wildman–Crippen MR) is 155 cm³/mol. The van der Waals surface area contributed by atoms with Crippen LogP contribution in [0.4, 0.5) is 17.2 Å². The minimum atomic E-state index is -0.117. The summed E-state index contributed by atoms with van der Waals surface area (Å²) >= 11 is 0. The first-order valence-corrected chi connectivity index (χ1v) is 14.1. The van der Waals surface area contributed by atoms with Crippen LogP contribution in [0, 0.1) is 0 Å². The SMILES string of the molecule is CCCn1ccc(Nc2cc(-c3cccc(N4CCn5c(cc6c5CCCC6)C4=O)c3CC)cn(C)c2=O)n1. The molecular weight excluding hydrogens is 488 g/mol. The fourth-order valence-corrected chi connectivity index (χ4v) is 6.21. The molecule has 0 radical (unpaired) electrons. The molecule has 4 heterocycles. The number of nitrogens with one attached hydrogen (secondary N) is 1. The van der Waals surface area contributed by atoms with Crippen molar-refractivity contribution in [2.75, 3.05) is 16.8 Å². The largest absolute Gasteiger partial charge is 0.339 e. The maximum absolute atomic E-state index is 13.8. The van der Waals surface area contributed by atoms with Gasteiger partial charge in [0.25, 0.3) is 11.5 Å². The Labute approximate surface area is 228 Å². The van der Waals surface area contributed by atoms with E-state index in [0.717, 1.165) is 66.8 Å². The molecule has 0 spiro atoms. The molecule has 8 nitrogen and oxygen atoms in total. The van der Waals surface area contributed by atoms with E-state index in [4.69, 9.17) is 0 Å². The summed E-state index contributed by atoms with van der Waals surface area (Å²) in [6.45, 7) is 6.54. The average molecular weight is 525 g/mol. The summed E-state index contributed by atoms with van der Waals surface area (Å²) < 4.78 is 5.74. The van der Waals surface area contributed by atoms with Crippen LogP contribution in [0.3, 0.4) is 0 Å². The Morgan fingerprint density at radius 2 is 1.87 bits per heavy atom. The van der Waals surface area contributed by atoms with Crippen LogP contribution in [0.1, 0.15) is 60.4 Å². The number of aromatic nitrogens is 4. The molecule has 2 aliphatic rings. The van der Waals surface area contributed by atoms with Crippen LogP contribution in [-0.4, -0.2) is 31.4 Å². The summed E-state index contributed by atoms with van der Waals surface area (Å²) in [6, 6.07) is 12.1. The normalized spacial score (nSPS) is 14.8. The van der Waals surface area contributed by atoms with Gasteiger partial charge in [-0.3, -0.25) is 14.3 Å². The van der Waals surface area contributed by atoms with E-state index in [0.29, 0.717) is 18.1 Å². The zero-order valence-corrected chi connectivity index (χ0v) is 23.0. The minimum absolute atomic E-state index is 0.0768. The Morgan fingerprint density at radius 1 is 1.03 bits per heavy atom. The van der Waals surface area contributed by atoms with E-state index in [1.807, 2.05) is 40.2 Å². The molecule has 0 saturated heterocycles. The van der Waals surface area contributed by atoms with E-state index in [9.17, 15) is 9.59 Å².